The van der Waals surface area contributed by atoms with Gasteiger partial charge < -0.3 is 10.2 Å². The number of para-hydroxylation sites is 1. The zero-order chi connectivity index (χ0) is 19.3. The maximum absolute atomic E-state index is 12.3. The minimum Gasteiger partial charge on any atom is -0.370 e. The highest BCUT2D eigenvalue weighted by molar-refractivity contribution is 5.90. The van der Waals surface area contributed by atoms with E-state index in [1.807, 2.05) is 48.7 Å². The Morgan fingerprint density at radius 3 is 2.75 bits per heavy atom. The third-order valence-corrected chi connectivity index (χ3v) is 4.98. The smallest absolute Gasteiger partial charge is 0.240 e. The highest BCUT2D eigenvalue weighted by atomic mass is 16.2. The van der Waals surface area contributed by atoms with Gasteiger partial charge in [-0.2, -0.15) is 5.26 Å². The van der Waals surface area contributed by atoms with E-state index in [-0.39, 0.29) is 18.5 Å². The topological polar surface area (TPSA) is 98.3 Å². The lowest BCUT2D eigenvalue weighted by atomic mass is 10.0. The molecule has 28 heavy (non-hydrogen) atoms. The van der Waals surface area contributed by atoms with E-state index in [0.717, 1.165) is 31.6 Å². The number of hydrogen-bond donors (Lipinski definition) is 2. The fourth-order valence-corrected chi connectivity index (χ4v) is 3.50. The number of pyridine rings is 1. The summed E-state index contributed by atoms with van der Waals surface area (Å²) in [5, 5.41) is 23.4. The standard InChI is InChI=1S/C20H21N7O/c21-13-15-5-1-2-6-17(15)26-11-8-16(9-12-26)22-14-19(28)23-20-25-24-18-7-3-4-10-27(18)20/h1-7,10,16,22H,8-9,11-12,14H2,(H,23,25,28). The van der Waals surface area contributed by atoms with Crippen LogP contribution in [0.1, 0.15) is 18.4 Å². The summed E-state index contributed by atoms with van der Waals surface area (Å²) >= 11 is 0. The Balaban J connectivity index is 1.27. The molecule has 1 aliphatic rings. The van der Waals surface area contributed by atoms with E-state index < -0.39 is 0 Å². The maximum atomic E-state index is 12.3. The number of nitriles is 1. The molecule has 1 aromatic carbocycles. The quantitative estimate of drug-likeness (QED) is 0.706. The van der Waals surface area contributed by atoms with Crippen molar-refractivity contribution in [3.05, 3.63) is 54.2 Å². The van der Waals surface area contributed by atoms with E-state index in [1.54, 1.807) is 4.40 Å². The van der Waals surface area contributed by atoms with Gasteiger partial charge >= 0.3 is 0 Å². The zero-order valence-electron chi connectivity index (χ0n) is 15.4. The van der Waals surface area contributed by atoms with Crippen molar-refractivity contribution in [1.82, 2.24) is 19.9 Å². The van der Waals surface area contributed by atoms with Gasteiger partial charge in [-0.25, -0.2) is 0 Å². The minimum atomic E-state index is -0.143. The molecule has 3 aromatic rings. The molecule has 1 fully saturated rings. The molecule has 1 amide bonds. The van der Waals surface area contributed by atoms with Gasteiger partial charge in [-0.3, -0.25) is 14.5 Å². The van der Waals surface area contributed by atoms with Gasteiger partial charge in [0.05, 0.1) is 17.8 Å². The second kappa shape index (κ2) is 8.06. The van der Waals surface area contributed by atoms with Gasteiger partial charge in [-0.15, -0.1) is 10.2 Å². The summed E-state index contributed by atoms with van der Waals surface area (Å²) in [6, 6.07) is 15.8. The van der Waals surface area contributed by atoms with E-state index >= 15 is 0 Å². The van der Waals surface area contributed by atoms with Crippen molar-refractivity contribution in [1.29, 1.82) is 5.26 Å². The third kappa shape index (κ3) is 3.80. The summed E-state index contributed by atoms with van der Waals surface area (Å²) in [6.07, 6.45) is 3.65. The number of piperidine rings is 1. The molecule has 0 atom stereocenters. The van der Waals surface area contributed by atoms with Crippen LogP contribution in [0.2, 0.25) is 0 Å². The number of nitrogens with one attached hydrogen (secondary N) is 2. The molecule has 1 saturated heterocycles. The first-order valence-corrected chi connectivity index (χ1v) is 9.31. The van der Waals surface area contributed by atoms with Gasteiger partial charge in [0.2, 0.25) is 11.9 Å². The molecule has 0 saturated carbocycles. The second-order valence-corrected chi connectivity index (χ2v) is 6.77. The van der Waals surface area contributed by atoms with Gasteiger partial charge in [-0.1, -0.05) is 18.2 Å². The number of benzene rings is 1. The van der Waals surface area contributed by atoms with Crippen LogP contribution in [0.3, 0.4) is 0 Å². The molecule has 8 heteroatoms. The monoisotopic (exact) mass is 375 g/mol. The summed E-state index contributed by atoms with van der Waals surface area (Å²) in [6.45, 7) is 1.93. The lowest BCUT2D eigenvalue weighted by Gasteiger charge is -2.34. The average molecular weight is 375 g/mol. The van der Waals surface area contributed by atoms with Gasteiger partial charge in [0.15, 0.2) is 5.65 Å². The Morgan fingerprint density at radius 2 is 1.93 bits per heavy atom. The molecule has 2 N–H and O–H groups in total. The number of aromatic nitrogens is 3. The Labute approximate surface area is 162 Å². The predicted molar refractivity (Wildman–Crippen MR) is 106 cm³/mol. The molecule has 0 radical (unpaired) electrons. The van der Waals surface area contributed by atoms with E-state index in [9.17, 15) is 10.1 Å². The Bertz CT molecular complexity index is 1010. The van der Waals surface area contributed by atoms with E-state index in [4.69, 9.17) is 0 Å². The van der Waals surface area contributed by atoms with Crippen molar-refractivity contribution in [3.8, 4) is 6.07 Å². The second-order valence-electron chi connectivity index (χ2n) is 6.77. The molecule has 2 aromatic heterocycles. The number of amides is 1. The number of fused-ring (bicyclic) bond motifs is 1. The number of nitrogens with zero attached hydrogens (tertiary/aromatic N) is 5. The number of carbonyl (C=O) groups is 1. The van der Waals surface area contributed by atoms with Gasteiger partial charge in [0.25, 0.3) is 0 Å². The van der Waals surface area contributed by atoms with Gasteiger partial charge in [0.1, 0.15) is 6.07 Å². The average Bonchev–Trinajstić information content (AvgIpc) is 3.15. The van der Waals surface area contributed by atoms with Crippen molar-refractivity contribution < 1.29 is 4.79 Å². The SMILES string of the molecule is N#Cc1ccccc1N1CCC(NCC(=O)Nc2nnc3ccccn23)CC1. The van der Waals surface area contributed by atoms with Crippen molar-refractivity contribution >= 4 is 23.2 Å². The molecule has 0 aliphatic carbocycles. The van der Waals surface area contributed by atoms with Crippen molar-refractivity contribution in [3.63, 3.8) is 0 Å². The predicted octanol–water partition coefficient (Wildman–Crippen LogP) is 1.80. The third-order valence-electron chi connectivity index (χ3n) is 4.98. The summed E-state index contributed by atoms with van der Waals surface area (Å²) in [4.78, 5) is 14.5. The molecule has 1 aliphatic heterocycles. The first-order chi connectivity index (χ1) is 13.7. The summed E-state index contributed by atoms with van der Waals surface area (Å²) in [7, 11) is 0. The van der Waals surface area contributed by atoms with Crippen LogP contribution in [-0.4, -0.2) is 46.2 Å². The Kier molecular flexibility index (Phi) is 5.17. The first kappa shape index (κ1) is 17.9. The van der Waals surface area contributed by atoms with Crippen LogP contribution in [0.5, 0.6) is 0 Å². The number of rotatable bonds is 5. The van der Waals surface area contributed by atoms with Gasteiger partial charge in [0, 0.05) is 25.3 Å². The van der Waals surface area contributed by atoms with E-state index in [0.29, 0.717) is 17.2 Å². The van der Waals surface area contributed by atoms with Crippen molar-refractivity contribution in [2.24, 2.45) is 0 Å². The van der Waals surface area contributed by atoms with Crippen molar-refractivity contribution in [2.45, 2.75) is 18.9 Å². The Morgan fingerprint density at radius 1 is 1.14 bits per heavy atom. The Hall–Kier alpha value is -3.44. The molecule has 0 spiro atoms. The molecular formula is C20H21N7O. The fraction of sp³-hybridized carbons (Fsp3) is 0.300. The largest absolute Gasteiger partial charge is 0.370 e. The highest BCUT2D eigenvalue weighted by Gasteiger charge is 2.21. The fourth-order valence-electron chi connectivity index (χ4n) is 3.50. The zero-order valence-corrected chi connectivity index (χ0v) is 15.4. The molecule has 4 rings (SSSR count). The number of carbonyl (C=O) groups excluding carboxylic acids is 1. The van der Waals surface area contributed by atoms with Crippen LogP contribution in [-0.2, 0) is 4.79 Å². The summed E-state index contributed by atoms with van der Waals surface area (Å²) in [5.41, 5.74) is 2.38. The molecule has 0 bridgehead atoms. The normalized spacial score (nSPS) is 14.8. The maximum Gasteiger partial charge on any atom is 0.240 e. The molecular weight excluding hydrogens is 354 g/mol. The molecule has 0 unspecified atom stereocenters. The van der Waals surface area contributed by atoms with E-state index in [2.05, 4.69) is 31.8 Å². The van der Waals surface area contributed by atoms with Crippen LogP contribution >= 0.6 is 0 Å². The van der Waals surface area contributed by atoms with Crippen LogP contribution in [0.25, 0.3) is 5.65 Å². The van der Waals surface area contributed by atoms with E-state index in [1.165, 1.54) is 0 Å². The van der Waals surface area contributed by atoms with Gasteiger partial charge in [-0.05, 0) is 37.1 Å². The molecule has 142 valence electrons. The lowest BCUT2D eigenvalue weighted by Crippen LogP contribution is -2.45. The van der Waals surface area contributed by atoms with Crippen LogP contribution < -0.4 is 15.5 Å². The van der Waals surface area contributed by atoms with Crippen LogP contribution in [0, 0.1) is 11.3 Å². The summed E-state index contributed by atoms with van der Waals surface area (Å²) in [5.74, 6) is 0.278. The van der Waals surface area contributed by atoms with Crippen molar-refractivity contribution in [2.75, 3.05) is 29.9 Å². The molecule has 8 nitrogen and oxygen atoms in total. The lowest BCUT2D eigenvalue weighted by molar-refractivity contribution is -0.115. The number of hydrogen-bond acceptors (Lipinski definition) is 6. The van der Waals surface area contributed by atoms with Crippen LogP contribution in [0.4, 0.5) is 11.6 Å². The minimum absolute atomic E-state index is 0.143. The summed E-state index contributed by atoms with van der Waals surface area (Å²) < 4.78 is 1.74. The highest BCUT2D eigenvalue weighted by Crippen LogP contribution is 2.23. The molecule has 3 heterocycles. The first-order valence-electron chi connectivity index (χ1n) is 9.31. The number of anilines is 2. The van der Waals surface area contributed by atoms with Crippen LogP contribution in [0.15, 0.2) is 48.7 Å².